The molecule has 0 aliphatic heterocycles. The van der Waals surface area contributed by atoms with Crippen LogP contribution in [-0.4, -0.2) is 0 Å². The minimum Gasteiger partial charge on any atom is -0.310 e. The zero-order chi connectivity index (χ0) is 43.1. The van der Waals surface area contributed by atoms with Gasteiger partial charge in [-0.15, -0.1) is 0 Å². The highest BCUT2D eigenvalue weighted by atomic mass is 15.1. The number of anilines is 3. The first kappa shape index (κ1) is 38.6. The van der Waals surface area contributed by atoms with Crippen LogP contribution in [0.25, 0.3) is 33.4 Å². The van der Waals surface area contributed by atoms with Gasteiger partial charge in [0.05, 0.1) is 0 Å². The van der Waals surface area contributed by atoms with Crippen LogP contribution in [0.5, 0.6) is 0 Å². The molecule has 0 amide bonds. The van der Waals surface area contributed by atoms with Gasteiger partial charge in [-0.2, -0.15) is 0 Å². The average molecular weight is 824 g/mol. The Morgan fingerprint density at radius 3 is 1.67 bits per heavy atom. The second-order valence-corrected chi connectivity index (χ2v) is 24.3. The van der Waals surface area contributed by atoms with Gasteiger partial charge in [-0.05, 0) is 205 Å². The maximum Gasteiger partial charge on any atom is 0.0471 e. The number of nitrogens with zero attached hydrogens (tertiary/aromatic N) is 1. The van der Waals surface area contributed by atoms with E-state index in [-0.39, 0.29) is 27.1 Å². The normalized spacial score (nSPS) is 29.7. The molecule has 0 aromatic heterocycles. The van der Waals surface area contributed by atoms with Crippen molar-refractivity contribution in [3.05, 3.63) is 161 Å². The first-order valence-electron chi connectivity index (χ1n) is 24.7. The van der Waals surface area contributed by atoms with E-state index in [1.807, 2.05) is 0 Å². The molecule has 0 N–H and O–H groups in total. The molecule has 6 unspecified atom stereocenters. The Bertz CT molecular complexity index is 2890. The van der Waals surface area contributed by atoms with Crippen molar-refractivity contribution in [2.45, 2.75) is 134 Å². The van der Waals surface area contributed by atoms with Crippen LogP contribution in [0.3, 0.4) is 0 Å². The smallest absolute Gasteiger partial charge is 0.0471 e. The predicted molar refractivity (Wildman–Crippen MR) is 264 cm³/mol. The van der Waals surface area contributed by atoms with Crippen LogP contribution in [0.4, 0.5) is 17.1 Å². The minimum atomic E-state index is 0.0858. The highest BCUT2D eigenvalue weighted by molar-refractivity contribution is 5.97. The summed E-state index contributed by atoms with van der Waals surface area (Å²) in [7, 11) is 0. The Balaban J connectivity index is 1.09. The van der Waals surface area contributed by atoms with Crippen molar-refractivity contribution in [2.75, 3.05) is 4.90 Å². The third-order valence-corrected chi connectivity index (χ3v) is 19.5. The van der Waals surface area contributed by atoms with Crippen molar-refractivity contribution in [3.8, 4) is 33.4 Å². The molecule has 4 saturated carbocycles. The van der Waals surface area contributed by atoms with Crippen molar-refractivity contribution in [1.82, 2.24) is 0 Å². The number of benzene rings is 6. The number of fused-ring (bicyclic) bond motifs is 10. The van der Waals surface area contributed by atoms with Crippen molar-refractivity contribution >= 4 is 17.1 Å². The molecule has 1 nitrogen and oxygen atoms in total. The van der Waals surface area contributed by atoms with Gasteiger partial charge in [0, 0.05) is 22.5 Å². The van der Waals surface area contributed by atoms with E-state index in [2.05, 4.69) is 188 Å². The summed E-state index contributed by atoms with van der Waals surface area (Å²) in [5.74, 6) is 3.35. The molecule has 0 radical (unpaired) electrons. The fourth-order valence-electron chi connectivity index (χ4n) is 16.1. The van der Waals surface area contributed by atoms with Gasteiger partial charge in [0.2, 0.25) is 0 Å². The molecule has 6 atom stereocenters. The Morgan fingerprint density at radius 2 is 0.968 bits per heavy atom. The Kier molecular flexibility index (Phi) is 7.63. The molecule has 318 valence electrons. The SMILES string of the molecule is CC1(C)CCC(C)(C)c2cc(-c3cc(N(c4ccc(-c5ccccc5)cc4)c4ccc5c(c4)C(C)(C)CCC5(C)C)cc4c3-c3ccccc3C43C4CC5CC6CC3C64C5)ccc21. The summed E-state index contributed by atoms with van der Waals surface area (Å²) in [5, 5.41) is 0. The first-order chi connectivity index (χ1) is 30.1. The van der Waals surface area contributed by atoms with E-state index in [1.165, 1.54) is 118 Å². The van der Waals surface area contributed by atoms with Crippen molar-refractivity contribution in [1.29, 1.82) is 0 Å². The highest BCUT2D eigenvalue weighted by Gasteiger charge is 2.84. The van der Waals surface area contributed by atoms with Crippen LogP contribution < -0.4 is 4.90 Å². The van der Waals surface area contributed by atoms with Crippen LogP contribution in [0.2, 0.25) is 0 Å². The second-order valence-electron chi connectivity index (χ2n) is 24.3. The van der Waals surface area contributed by atoms with Gasteiger partial charge < -0.3 is 4.90 Å². The van der Waals surface area contributed by atoms with Crippen molar-refractivity contribution < 1.29 is 0 Å². The van der Waals surface area contributed by atoms with Gasteiger partial charge in [-0.25, -0.2) is 0 Å². The lowest BCUT2D eigenvalue weighted by molar-refractivity contribution is -0.231. The summed E-state index contributed by atoms with van der Waals surface area (Å²) in [5.41, 5.74) is 22.7. The largest absolute Gasteiger partial charge is 0.310 e. The van der Waals surface area contributed by atoms with Gasteiger partial charge in [-0.3, -0.25) is 0 Å². The predicted octanol–water partition coefficient (Wildman–Crippen LogP) is 16.5. The number of hydrogen-bond donors (Lipinski definition) is 0. The molecule has 6 aromatic carbocycles. The third kappa shape index (κ3) is 4.96. The third-order valence-electron chi connectivity index (χ3n) is 19.5. The standard InChI is InChI=1S/C62H65N/c1-57(2)26-28-59(5,6)51-32-41(20-24-49(51)57)47-34-45(36-53-56(47)46-16-12-13-17-48(46)62(53)54-31-38-30-42-33-55(62)61(42,54)37-38)63(43-21-18-40(19-22-43)39-14-10-9-11-15-39)44-23-25-50-52(35-44)60(7,8)29-27-58(50,3)4/h9-25,32,34-36,38,42,54-55H,26-31,33,37H2,1-8H3. The van der Waals surface area contributed by atoms with E-state index in [4.69, 9.17) is 0 Å². The zero-order valence-corrected chi connectivity index (χ0v) is 39.0. The summed E-state index contributed by atoms with van der Waals surface area (Å²) >= 11 is 0. The van der Waals surface area contributed by atoms with E-state index in [0.717, 1.165) is 23.7 Å². The molecule has 13 rings (SSSR count). The molecular weight excluding hydrogens is 759 g/mol. The summed E-state index contributed by atoms with van der Waals surface area (Å²) < 4.78 is 0. The van der Waals surface area contributed by atoms with Gasteiger partial charge in [0.15, 0.2) is 0 Å². The van der Waals surface area contributed by atoms with Gasteiger partial charge in [0.1, 0.15) is 0 Å². The molecule has 6 aromatic rings. The molecule has 0 heterocycles. The zero-order valence-electron chi connectivity index (χ0n) is 39.0. The van der Waals surface area contributed by atoms with Gasteiger partial charge in [0.25, 0.3) is 0 Å². The average Bonchev–Trinajstić information content (AvgIpc) is 3.91. The lowest BCUT2D eigenvalue weighted by Gasteiger charge is -2.76. The molecule has 4 fully saturated rings. The highest BCUT2D eigenvalue weighted by Crippen LogP contribution is 2.90. The van der Waals surface area contributed by atoms with Gasteiger partial charge >= 0.3 is 0 Å². The topological polar surface area (TPSA) is 3.24 Å². The van der Waals surface area contributed by atoms with E-state index in [9.17, 15) is 0 Å². The molecule has 7 aliphatic carbocycles. The number of rotatable bonds is 5. The summed E-state index contributed by atoms with van der Waals surface area (Å²) in [6.45, 7) is 19.8. The van der Waals surface area contributed by atoms with Crippen LogP contribution in [0, 0.1) is 29.1 Å². The molecular formula is C62H65N. The molecule has 0 saturated heterocycles. The fourth-order valence-corrected chi connectivity index (χ4v) is 16.1. The second kappa shape index (κ2) is 12.5. The van der Waals surface area contributed by atoms with E-state index in [1.54, 1.807) is 16.7 Å². The van der Waals surface area contributed by atoms with Crippen LogP contribution in [0.15, 0.2) is 127 Å². The Labute approximate surface area is 377 Å². The molecule has 1 heteroatoms. The maximum absolute atomic E-state index is 2.73. The molecule has 7 aliphatic rings. The lowest BCUT2D eigenvalue weighted by atomic mass is 9.27. The monoisotopic (exact) mass is 824 g/mol. The van der Waals surface area contributed by atoms with E-state index in [0.29, 0.717) is 5.41 Å². The number of hydrogen-bond acceptors (Lipinski definition) is 1. The lowest BCUT2D eigenvalue weighted by Crippen LogP contribution is -2.73. The maximum atomic E-state index is 2.73. The van der Waals surface area contributed by atoms with Crippen LogP contribution in [-0.2, 0) is 27.1 Å². The van der Waals surface area contributed by atoms with Crippen LogP contribution >= 0.6 is 0 Å². The van der Waals surface area contributed by atoms with E-state index < -0.39 is 0 Å². The molecule has 2 bridgehead atoms. The van der Waals surface area contributed by atoms with Gasteiger partial charge in [-0.1, -0.05) is 146 Å². The van der Waals surface area contributed by atoms with E-state index >= 15 is 0 Å². The summed E-state index contributed by atoms with van der Waals surface area (Å²) in [6.07, 6.45) is 10.6. The Hall–Kier alpha value is -4.88. The molecule has 2 spiro atoms. The van der Waals surface area contributed by atoms with Crippen molar-refractivity contribution in [2.24, 2.45) is 29.1 Å². The van der Waals surface area contributed by atoms with Crippen molar-refractivity contribution in [3.63, 3.8) is 0 Å². The fraction of sp³-hybridized carbons (Fsp3) is 0.419. The van der Waals surface area contributed by atoms with Crippen LogP contribution in [0.1, 0.15) is 140 Å². The molecule has 63 heavy (non-hydrogen) atoms. The first-order valence-corrected chi connectivity index (χ1v) is 24.7. The quantitative estimate of drug-likeness (QED) is 0.167. The summed E-state index contributed by atoms with van der Waals surface area (Å²) in [6, 6.07) is 50.7. The minimum absolute atomic E-state index is 0.0858. The summed E-state index contributed by atoms with van der Waals surface area (Å²) in [4.78, 5) is 2.65. The Morgan fingerprint density at radius 1 is 0.413 bits per heavy atom.